The lowest BCUT2D eigenvalue weighted by Crippen LogP contribution is -2.49. The Labute approximate surface area is 196 Å². The van der Waals surface area contributed by atoms with Crippen LogP contribution in [0, 0.1) is 5.92 Å². The van der Waals surface area contributed by atoms with Crippen LogP contribution in [-0.2, 0) is 11.8 Å². The van der Waals surface area contributed by atoms with E-state index in [1.165, 1.54) is 5.69 Å². The van der Waals surface area contributed by atoms with Crippen molar-refractivity contribution in [1.29, 1.82) is 0 Å². The minimum absolute atomic E-state index is 0.0917. The summed E-state index contributed by atoms with van der Waals surface area (Å²) in [6.45, 7) is 3.58. The van der Waals surface area contributed by atoms with Gasteiger partial charge in [-0.15, -0.1) is 0 Å². The van der Waals surface area contributed by atoms with Gasteiger partial charge in [-0.05, 0) is 64.0 Å². The van der Waals surface area contributed by atoms with Crippen molar-refractivity contribution in [3.8, 4) is 11.4 Å². The average molecular weight is 446 g/mol. The first-order chi connectivity index (χ1) is 16.0. The number of para-hydroxylation sites is 2. The van der Waals surface area contributed by atoms with Crippen molar-refractivity contribution in [3.05, 3.63) is 48.5 Å². The minimum atomic E-state index is 0.0917. The predicted molar refractivity (Wildman–Crippen MR) is 134 cm³/mol. The summed E-state index contributed by atoms with van der Waals surface area (Å²) in [5.41, 5.74) is 4.45. The number of nitrogens with zero attached hydrogens (tertiary/aromatic N) is 5. The van der Waals surface area contributed by atoms with Crippen LogP contribution in [0.15, 0.2) is 48.5 Å². The first-order valence-corrected chi connectivity index (χ1v) is 12.2. The minimum Gasteiger partial charge on any atom is -0.371 e. The Bertz CT molecular complexity index is 1130. The van der Waals surface area contributed by atoms with E-state index in [-0.39, 0.29) is 5.92 Å². The molecule has 1 atom stereocenters. The summed E-state index contributed by atoms with van der Waals surface area (Å²) < 4.78 is 2.16. The van der Waals surface area contributed by atoms with Crippen LogP contribution in [-0.4, -0.2) is 71.6 Å². The molecule has 0 saturated carbocycles. The maximum absolute atomic E-state index is 13.3. The summed E-state index contributed by atoms with van der Waals surface area (Å²) in [5.74, 6) is 1.42. The molecule has 2 aliphatic rings. The van der Waals surface area contributed by atoms with Gasteiger partial charge in [0.2, 0.25) is 5.91 Å². The number of anilines is 1. The molecule has 5 rings (SSSR count). The average Bonchev–Trinajstić information content (AvgIpc) is 3.20. The zero-order chi connectivity index (χ0) is 22.9. The molecule has 0 aliphatic carbocycles. The highest BCUT2D eigenvalue weighted by atomic mass is 16.2. The van der Waals surface area contributed by atoms with E-state index in [9.17, 15) is 4.79 Å². The Morgan fingerprint density at radius 3 is 2.55 bits per heavy atom. The topological polar surface area (TPSA) is 44.6 Å². The largest absolute Gasteiger partial charge is 0.371 e. The fraction of sp³-hybridized carbons (Fsp3) is 0.481. The van der Waals surface area contributed by atoms with Crippen LogP contribution in [0.1, 0.15) is 25.7 Å². The molecule has 0 radical (unpaired) electrons. The van der Waals surface area contributed by atoms with Gasteiger partial charge in [0, 0.05) is 50.5 Å². The maximum Gasteiger partial charge on any atom is 0.227 e. The Hall–Kier alpha value is -2.86. The van der Waals surface area contributed by atoms with Gasteiger partial charge in [-0.1, -0.05) is 24.3 Å². The van der Waals surface area contributed by atoms with Crippen LogP contribution in [0.3, 0.4) is 0 Å². The fourth-order valence-electron chi connectivity index (χ4n) is 5.52. The van der Waals surface area contributed by atoms with E-state index < -0.39 is 0 Å². The molecule has 33 heavy (non-hydrogen) atoms. The van der Waals surface area contributed by atoms with Gasteiger partial charge in [-0.25, -0.2) is 4.98 Å². The molecule has 2 fully saturated rings. The van der Waals surface area contributed by atoms with Gasteiger partial charge in [0.15, 0.2) is 0 Å². The Balaban J connectivity index is 1.31. The molecular formula is C27H35N5O. The lowest BCUT2D eigenvalue weighted by atomic mass is 9.94. The van der Waals surface area contributed by atoms with E-state index in [0.29, 0.717) is 11.9 Å². The molecule has 0 bridgehead atoms. The summed E-state index contributed by atoms with van der Waals surface area (Å²) in [6.07, 6.45) is 4.21. The number of rotatable bonds is 4. The van der Waals surface area contributed by atoms with Crippen LogP contribution >= 0.6 is 0 Å². The standard InChI is InChI=1S/C27H35N5O/c1-29(2)22-13-16-31(17-14-22)27(33)21-9-7-15-32(19-21)23-10-6-8-20(18-23)26-28-24-11-4-5-12-25(24)30(26)3/h4-6,8,10-12,18,21-22H,7,9,13-17,19H2,1-3H3/t21-/m0/s1. The van der Waals surface area contributed by atoms with E-state index in [1.54, 1.807) is 0 Å². The van der Waals surface area contributed by atoms with Gasteiger partial charge in [-0.2, -0.15) is 0 Å². The second kappa shape index (κ2) is 9.18. The molecule has 2 aliphatic heterocycles. The predicted octanol–water partition coefficient (Wildman–Crippen LogP) is 4.01. The first-order valence-electron chi connectivity index (χ1n) is 12.2. The molecule has 6 heteroatoms. The molecule has 174 valence electrons. The van der Waals surface area contributed by atoms with E-state index >= 15 is 0 Å². The van der Waals surface area contributed by atoms with Crippen molar-refractivity contribution in [3.63, 3.8) is 0 Å². The zero-order valence-electron chi connectivity index (χ0n) is 20.1. The fourth-order valence-corrected chi connectivity index (χ4v) is 5.52. The van der Waals surface area contributed by atoms with E-state index in [1.807, 2.05) is 6.07 Å². The second-order valence-electron chi connectivity index (χ2n) is 9.84. The van der Waals surface area contributed by atoms with Crippen molar-refractivity contribution in [1.82, 2.24) is 19.4 Å². The highest BCUT2D eigenvalue weighted by Gasteiger charge is 2.32. The monoisotopic (exact) mass is 445 g/mol. The van der Waals surface area contributed by atoms with E-state index in [4.69, 9.17) is 4.98 Å². The number of aromatic nitrogens is 2. The Kier molecular flexibility index (Phi) is 6.11. The molecule has 2 saturated heterocycles. The molecule has 0 spiro atoms. The quantitative estimate of drug-likeness (QED) is 0.609. The van der Waals surface area contributed by atoms with Gasteiger partial charge in [0.25, 0.3) is 0 Å². The summed E-state index contributed by atoms with van der Waals surface area (Å²) in [4.78, 5) is 25.0. The highest BCUT2D eigenvalue weighted by Crippen LogP contribution is 2.30. The highest BCUT2D eigenvalue weighted by molar-refractivity contribution is 5.82. The Morgan fingerprint density at radius 1 is 1.00 bits per heavy atom. The number of amides is 1. The number of aryl methyl sites for hydroxylation is 1. The van der Waals surface area contributed by atoms with Crippen molar-refractivity contribution in [2.45, 2.75) is 31.7 Å². The third kappa shape index (κ3) is 4.36. The maximum atomic E-state index is 13.3. The normalized spacial score (nSPS) is 20.1. The number of benzene rings is 2. The zero-order valence-corrected chi connectivity index (χ0v) is 20.1. The second-order valence-corrected chi connectivity index (χ2v) is 9.84. The summed E-state index contributed by atoms with van der Waals surface area (Å²) in [7, 11) is 6.36. The van der Waals surface area contributed by atoms with Crippen LogP contribution in [0.2, 0.25) is 0 Å². The number of carbonyl (C=O) groups excluding carboxylic acids is 1. The molecule has 3 heterocycles. The van der Waals surface area contributed by atoms with Crippen molar-refractivity contribution in [2.24, 2.45) is 13.0 Å². The lowest BCUT2D eigenvalue weighted by molar-refractivity contribution is -0.137. The molecule has 2 aromatic carbocycles. The number of imidazole rings is 1. The molecule has 1 aromatic heterocycles. The third-order valence-electron chi connectivity index (χ3n) is 7.53. The van der Waals surface area contributed by atoms with Crippen LogP contribution in [0.25, 0.3) is 22.4 Å². The van der Waals surface area contributed by atoms with Crippen molar-refractivity contribution in [2.75, 3.05) is 45.2 Å². The number of hydrogen-bond acceptors (Lipinski definition) is 4. The van der Waals surface area contributed by atoms with Crippen molar-refractivity contribution >= 4 is 22.6 Å². The SMILES string of the molecule is CN(C)C1CCN(C(=O)[C@H]2CCCN(c3cccc(-c4nc5ccccc5n4C)c3)C2)CC1. The van der Waals surface area contributed by atoms with Gasteiger partial charge in [0.05, 0.1) is 17.0 Å². The molecular weight excluding hydrogens is 410 g/mol. The summed E-state index contributed by atoms with van der Waals surface area (Å²) in [5, 5.41) is 0. The van der Waals surface area contributed by atoms with Gasteiger partial charge in [0.1, 0.15) is 5.82 Å². The summed E-state index contributed by atoms with van der Waals surface area (Å²) >= 11 is 0. The molecule has 0 unspecified atom stereocenters. The number of fused-ring (bicyclic) bond motifs is 1. The van der Waals surface area contributed by atoms with Crippen molar-refractivity contribution < 1.29 is 4.79 Å². The number of carbonyl (C=O) groups is 1. The lowest BCUT2D eigenvalue weighted by Gasteiger charge is -2.39. The van der Waals surface area contributed by atoms with E-state index in [0.717, 1.165) is 74.3 Å². The van der Waals surface area contributed by atoms with Crippen LogP contribution < -0.4 is 4.90 Å². The number of hydrogen-bond donors (Lipinski definition) is 0. The van der Waals surface area contributed by atoms with Gasteiger partial charge >= 0.3 is 0 Å². The van der Waals surface area contributed by atoms with Gasteiger partial charge < -0.3 is 19.3 Å². The van der Waals surface area contributed by atoms with Crippen LogP contribution in [0.5, 0.6) is 0 Å². The molecule has 0 N–H and O–H groups in total. The number of piperidine rings is 2. The Morgan fingerprint density at radius 2 is 1.79 bits per heavy atom. The molecule has 1 amide bonds. The summed E-state index contributed by atoms with van der Waals surface area (Å²) in [6, 6.07) is 17.5. The third-order valence-corrected chi connectivity index (χ3v) is 7.53. The smallest absolute Gasteiger partial charge is 0.227 e. The number of likely N-dealkylation sites (tertiary alicyclic amines) is 1. The van der Waals surface area contributed by atoms with E-state index in [2.05, 4.69) is 82.9 Å². The molecule has 6 nitrogen and oxygen atoms in total. The van der Waals surface area contributed by atoms with Gasteiger partial charge in [-0.3, -0.25) is 4.79 Å². The molecule has 3 aromatic rings. The van der Waals surface area contributed by atoms with Crippen LogP contribution in [0.4, 0.5) is 5.69 Å². The first kappa shape index (κ1) is 22.0.